The van der Waals surface area contributed by atoms with Gasteiger partial charge in [-0.1, -0.05) is 12.1 Å². The van der Waals surface area contributed by atoms with Gasteiger partial charge in [-0.25, -0.2) is 23.0 Å². The van der Waals surface area contributed by atoms with E-state index in [9.17, 15) is 12.8 Å². The summed E-state index contributed by atoms with van der Waals surface area (Å²) in [5.74, 6) is 0.634. The molecule has 0 aromatic heterocycles. The van der Waals surface area contributed by atoms with Crippen LogP contribution < -0.4 is 15.4 Å². The molecule has 0 radical (unpaired) electrons. The molecule has 0 fully saturated rings. The third-order valence-corrected chi connectivity index (χ3v) is 4.86. The van der Waals surface area contributed by atoms with E-state index in [1.807, 2.05) is 0 Å². The van der Waals surface area contributed by atoms with Gasteiger partial charge in [0, 0.05) is 18.1 Å². The van der Waals surface area contributed by atoms with Crippen molar-refractivity contribution in [2.75, 3.05) is 4.90 Å². The van der Waals surface area contributed by atoms with Crippen LogP contribution in [0.3, 0.4) is 0 Å². The maximum absolute atomic E-state index is 14.4. The molecule has 0 spiro atoms. The molecular formula is C17H14FN5O2S. The van der Waals surface area contributed by atoms with Crippen LogP contribution in [-0.4, -0.2) is 19.3 Å². The van der Waals surface area contributed by atoms with Gasteiger partial charge in [-0.2, -0.15) is 0 Å². The number of nitrogens with one attached hydrogen (secondary N) is 1. The van der Waals surface area contributed by atoms with Gasteiger partial charge >= 0.3 is 0 Å². The Bertz CT molecular complexity index is 1060. The highest BCUT2D eigenvalue weighted by Gasteiger charge is 2.26. The molecule has 7 nitrogen and oxygen atoms in total. The topological polar surface area (TPSA) is 91.0 Å². The second-order valence-corrected chi connectivity index (χ2v) is 7.19. The first kappa shape index (κ1) is 16.3. The normalized spacial score (nSPS) is 16.1. The van der Waals surface area contributed by atoms with Crippen LogP contribution in [0.5, 0.6) is 0 Å². The molecule has 0 saturated heterocycles. The van der Waals surface area contributed by atoms with E-state index >= 15 is 0 Å². The van der Waals surface area contributed by atoms with Gasteiger partial charge in [0.1, 0.15) is 11.6 Å². The molecule has 0 atom stereocenters. The van der Waals surface area contributed by atoms with E-state index in [0.717, 1.165) is 0 Å². The summed E-state index contributed by atoms with van der Waals surface area (Å²) in [4.78, 5) is 1.68. The SMILES string of the molecule is NS(=O)(=O)c1ccc(N2C=C3NC=CN3N=C2c2ccccc2F)cc1. The largest absolute Gasteiger partial charge is 0.344 e. The molecule has 0 aliphatic carbocycles. The Balaban J connectivity index is 1.81. The molecule has 2 aromatic rings. The maximum Gasteiger partial charge on any atom is 0.238 e. The fourth-order valence-electron chi connectivity index (χ4n) is 2.68. The number of benzene rings is 2. The number of halogens is 1. The van der Waals surface area contributed by atoms with E-state index in [1.54, 1.807) is 58.8 Å². The van der Waals surface area contributed by atoms with Crippen LogP contribution in [0.1, 0.15) is 5.56 Å². The fraction of sp³-hybridized carbons (Fsp3) is 0. The smallest absolute Gasteiger partial charge is 0.238 e. The molecular weight excluding hydrogens is 357 g/mol. The number of nitrogens with two attached hydrogens (primary N) is 1. The monoisotopic (exact) mass is 371 g/mol. The van der Waals surface area contributed by atoms with Gasteiger partial charge in [0.25, 0.3) is 0 Å². The summed E-state index contributed by atoms with van der Waals surface area (Å²) in [5, 5.41) is 14.2. The van der Waals surface area contributed by atoms with Gasteiger partial charge in [0.05, 0.1) is 16.7 Å². The molecule has 132 valence electrons. The van der Waals surface area contributed by atoms with Gasteiger partial charge < -0.3 is 5.32 Å². The highest BCUT2D eigenvalue weighted by atomic mass is 32.2. The average Bonchev–Trinajstić information content (AvgIpc) is 3.08. The number of primary sulfonamides is 1. The predicted molar refractivity (Wildman–Crippen MR) is 95.4 cm³/mol. The van der Waals surface area contributed by atoms with Crippen LogP contribution in [0, 0.1) is 5.82 Å². The van der Waals surface area contributed by atoms with Gasteiger partial charge in [-0.3, -0.25) is 4.90 Å². The van der Waals surface area contributed by atoms with Gasteiger partial charge in [-0.15, -0.1) is 5.10 Å². The van der Waals surface area contributed by atoms with E-state index in [-0.39, 0.29) is 4.90 Å². The molecule has 3 N–H and O–H groups in total. The number of fused-ring (bicyclic) bond motifs is 1. The first-order chi connectivity index (χ1) is 12.4. The first-order valence-electron chi connectivity index (χ1n) is 7.63. The van der Waals surface area contributed by atoms with Gasteiger partial charge in [0.2, 0.25) is 10.0 Å². The number of sulfonamides is 1. The molecule has 9 heteroatoms. The molecule has 2 aliphatic rings. The minimum atomic E-state index is -3.79. The number of hydrazone groups is 1. The zero-order valence-corrected chi connectivity index (χ0v) is 14.2. The van der Waals surface area contributed by atoms with Crippen molar-refractivity contribution < 1.29 is 12.8 Å². The van der Waals surface area contributed by atoms with E-state index in [0.29, 0.717) is 22.9 Å². The zero-order valence-electron chi connectivity index (χ0n) is 13.4. The van der Waals surface area contributed by atoms with E-state index in [4.69, 9.17) is 5.14 Å². The Morgan fingerprint density at radius 3 is 2.50 bits per heavy atom. The van der Waals surface area contributed by atoms with Crippen molar-refractivity contribution in [3.05, 3.63) is 84.3 Å². The Labute approximate surface area is 149 Å². The Kier molecular flexibility index (Phi) is 3.74. The van der Waals surface area contributed by atoms with Gasteiger partial charge in [0.15, 0.2) is 5.84 Å². The quantitative estimate of drug-likeness (QED) is 0.859. The molecule has 2 heterocycles. The fourth-order valence-corrected chi connectivity index (χ4v) is 3.19. The number of rotatable bonds is 3. The lowest BCUT2D eigenvalue weighted by Crippen LogP contribution is -2.35. The number of anilines is 1. The summed E-state index contributed by atoms with van der Waals surface area (Å²) in [6.07, 6.45) is 5.18. The highest BCUT2D eigenvalue weighted by molar-refractivity contribution is 7.89. The summed E-state index contributed by atoms with van der Waals surface area (Å²) in [6.45, 7) is 0. The van der Waals surface area contributed by atoms with Crippen LogP contribution in [0.15, 0.2) is 82.9 Å². The lowest BCUT2D eigenvalue weighted by Gasteiger charge is -2.30. The molecule has 0 unspecified atom stereocenters. The second kappa shape index (κ2) is 5.97. The van der Waals surface area contributed by atoms with Crippen molar-refractivity contribution in [1.82, 2.24) is 10.3 Å². The van der Waals surface area contributed by atoms with Crippen molar-refractivity contribution in [3.63, 3.8) is 0 Å². The Morgan fingerprint density at radius 1 is 1.08 bits per heavy atom. The van der Waals surface area contributed by atoms with Crippen LogP contribution in [-0.2, 0) is 10.0 Å². The average molecular weight is 371 g/mol. The maximum atomic E-state index is 14.4. The minimum absolute atomic E-state index is 0.00224. The zero-order chi connectivity index (χ0) is 18.3. The molecule has 26 heavy (non-hydrogen) atoms. The Morgan fingerprint density at radius 2 is 1.81 bits per heavy atom. The lowest BCUT2D eigenvalue weighted by molar-refractivity contribution is 0.488. The van der Waals surface area contributed by atoms with E-state index in [1.165, 1.54) is 18.2 Å². The number of nitrogens with zero attached hydrogens (tertiary/aromatic N) is 3. The molecule has 2 aromatic carbocycles. The summed E-state index contributed by atoms with van der Waals surface area (Å²) >= 11 is 0. The van der Waals surface area contributed by atoms with Crippen LogP contribution in [0.25, 0.3) is 0 Å². The second-order valence-electron chi connectivity index (χ2n) is 5.63. The first-order valence-corrected chi connectivity index (χ1v) is 9.18. The summed E-state index contributed by atoms with van der Waals surface area (Å²) in [5.41, 5.74) is 0.930. The third-order valence-electron chi connectivity index (χ3n) is 3.93. The summed E-state index contributed by atoms with van der Waals surface area (Å²) in [6, 6.07) is 12.3. The number of hydrogen-bond donors (Lipinski definition) is 2. The number of amidine groups is 1. The van der Waals surface area contributed by atoms with Crippen molar-refractivity contribution in [1.29, 1.82) is 0 Å². The molecule has 0 saturated carbocycles. The van der Waals surface area contributed by atoms with E-state index in [2.05, 4.69) is 10.4 Å². The standard InChI is InChI=1S/C17H14FN5O2S/c18-15-4-2-1-3-14(15)17-21-23-10-9-20-16(23)11-22(17)12-5-7-13(8-6-12)26(19,24)25/h1-11,20H,(H2,19,24,25). The molecule has 0 bridgehead atoms. The van der Waals surface area contributed by atoms with Gasteiger partial charge in [-0.05, 0) is 36.4 Å². The van der Waals surface area contributed by atoms with E-state index < -0.39 is 15.8 Å². The Hall–Kier alpha value is -3.17. The number of hydrogen-bond acceptors (Lipinski definition) is 6. The predicted octanol–water partition coefficient (Wildman–Crippen LogP) is 1.83. The molecule has 4 rings (SSSR count). The van der Waals surface area contributed by atoms with Crippen LogP contribution in [0.2, 0.25) is 0 Å². The van der Waals surface area contributed by atoms with Crippen molar-refractivity contribution in [3.8, 4) is 0 Å². The van der Waals surface area contributed by atoms with Crippen molar-refractivity contribution >= 4 is 21.5 Å². The summed E-state index contributed by atoms with van der Waals surface area (Å²) in [7, 11) is -3.79. The van der Waals surface area contributed by atoms with Crippen LogP contribution in [0.4, 0.5) is 10.1 Å². The lowest BCUT2D eigenvalue weighted by atomic mass is 10.1. The third kappa shape index (κ3) is 2.83. The molecule has 2 aliphatic heterocycles. The van der Waals surface area contributed by atoms with Crippen LogP contribution >= 0.6 is 0 Å². The molecule has 0 amide bonds. The summed E-state index contributed by atoms with van der Waals surface area (Å²) < 4.78 is 37.3. The minimum Gasteiger partial charge on any atom is -0.344 e. The highest BCUT2D eigenvalue weighted by Crippen LogP contribution is 2.27. The van der Waals surface area contributed by atoms with Crippen molar-refractivity contribution in [2.45, 2.75) is 4.90 Å². The van der Waals surface area contributed by atoms with Crippen molar-refractivity contribution in [2.24, 2.45) is 10.2 Å².